The van der Waals surface area contributed by atoms with Crippen LogP contribution in [-0.2, 0) is 14.8 Å². The van der Waals surface area contributed by atoms with E-state index in [1.165, 1.54) is 13.8 Å². The Labute approximate surface area is 77.5 Å². The number of carbonyl (C=O) groups excluding carboxylic acids is 2. The fourth-order valence-electron chi connectivity index (χ4n) is 1.74. The summed E-state index contributed by atoms with van der Waals surface area (Å²) < 4.78 is 0. The maximum Gasteiger partial charge on any atom is 0.220 e. The van der Waals surface area contributed by atoms with Crippen LogP contribution in [0.2, 0.25) is 0 Å². The summed E-state index contributed by atoms with van der Waals surface area (Å²) in [5, 5.41) is 12.4. The molecule has 0 amide bonds. The van der Waals surface area contributed by atoms with Crippen LogP contribution in [-0.4, -0.2) is 27.7 Å². The minimum Gasteiger partial charge on any atom is -0.291 e. The maximum atomic E-state index is 11.7. The van der Waals surface area contributed by atoms with Gasteiger partial charge in [0.25, 0.3) is 0 Å². The van der Waals surface area contributed by atoms with Crippen molar-refractivity contribution in [3.63, 3.8) is 0 Å². The van der Waals surface area contributed by atoms with Crippen molar-refractivity contribution in [2.24, 2.45) is 0 Å². The number of carbonyl (C=O) groups is 2. The van der Waals surface area contributed by atoms with Crippen LogP contribution >= 0.6 is 0 Å². The Morgan fingerprint density at radius 3 is 2.08 bits per heavy atom. The predicted molar refractivity (Wildman–Crippen MR) is 45.3 cm³/mol. The van der Waals surface area contributed by atoms with Crippen LogP contribution in [0.5, 0.6) is 0 Å². The van der Waals surface area contributed by atoms with Crippen molar-refractivity contribution >= 4 is 11.6 Å². The van der Waals surface area contributed by atoms with Gasteiger partial charge >= 0.3 is 0 Å². The Morgan fingerprint density at radius 2 is 1.62 bits per heavy atom. The molecule has 0 N–H and O–H groups in total. The van der Waals surface area contributed by atoms with E-state index in [0.29, 0.717) is 0 Å². The maximum absolute atomic E-state index is 11.7. The van der Waals surface area contributed by atoms with Crippen LogP contribution in [0.25, 0.3) is 0 Å². The van der Waals surface area contributed by atoms with E-state index in [9.17, 15) is 14.8 Å². The zero-order valence-electron chi connectivity index (χ0n) is 8.38. The van der Waals surface area contributed by atoms with Gasteiger partial charge in [0, 0.05) is 6.42 Å². The van der Waals surface area contributed by atoms with Crippen LogP contribution in [0.15, 0.2) is 0 Å². The molecule has 1 heterocycles. The molecule has 0 saturated carbocycles. The lowest BCUT2D eigenvalue weighted by atomic mass is 9.80. The van der Waals surface area contributed by atoms with Crippen LogP contribution in [0.3, 0.4) is 0 Å². The fourth-order valence-corrected chi connectivity index (χ4v) is 1.74. The van der Waals surface area contributed by atoms with E-state index in [1.807, 2.05) is 0 Å². The first-order valence-corrected chi connectivity index (χ1v) is 4.25. The normalized spacial score (nSPS) is 27.8. The highest BCUT2D eigenvalue weighted by atomic mass is 16.5. The molecule has 4 heteroatoms. The summed E-state index contributed by atoms with van der Waals surface area (Å²) in [5.74, 6) is -1.02. The van der Waals surface area contributed by atoms with Crippen LogP contribution < -0.4 is 0 Å². The van der Waals surface area contributed by atoms with Gasteiger partial charge in [0.05, 0.1) is 5.54 Å². The first kappa shape index (κ1) is 10.3. The molecule has 0 aliphatic carbocycles. The number of hydrogen-bond acceptors (Lipinski definition) is 3. The number of ketones is 2. The molecule has 0 bridgehead atoms. The SMILES string of the molecule is CC1(C)CC(=O)C(=O)C(C)(C)N1[O]. The van der Waals surface area contributed by atoms with Gasteiger partial charge in [-0.1, -0.05) is 0 Å². The number of piperidine rings is 1. The second-order valence-corrected chi connectivity index (χ2v) is 4.59. The molecule has 0 atom stereocenters. The second-order valence-electron chi connectivity index (χ2n) is 4.59. The fraction of sp³-hybridized carbons (Fsp3) is 0.778. The molecule has 0 spiro atoms. The first-order valence-electron chi connectivity index (χ1n) is 4.25. The standard InChI is InChI=1S/C9H14NO3/c1-8(2)5-6(11)7(12)9(3,4)10(8)13/h5H2,1-4H3. The molecule has 73 valence electrons. The molecule has 1 fully saturated rings. The molecular formula is C9H14NO3. The van der Waals surface area contributed by atoms with E-state index >= 15 is 0 Å². The molecule has 4 nitrogen and oxygen atoms in total. The highest BCUT2D eigenvalue weighted by molar-refractivity contribution is 6.41. The van der Waals surface area contributed by atoms with Crippen molar-refractivity contribution in [2.45, 2.75) is 45.2 Å². The molecule has 1 aliphatic rings. The first-order chi connectivity index (χ1) is 5.69. The van der Waals surface area contributed by atoms with Gasteiger partial charge in [-0.25, -0.2) is 0 Å². The van der Waals surface area contributed by atoms with Crippen LogP contribution in [0.1, 0.15) is 34.1 Å². The van der Waals surface area contributed by atoms with Gasteiger partial charge in [0.15, 0.2) is 0 Å². The predicted octanol–water partition coefficient (Wildman–Crippen LogP) is 0.733. The quantitative estimate of drug-likeness (QED) is 0.521. The Bertz CT molecular complexity index is 268. The Hall–Kier alpha value is -0.740. The molecule has 13 heavy (non-hydrogen) atoms. The summed E-state index contributed by atoms with van der Waals surface area (Å²) in [6.07, 6.45) is 0.0127. The second kappa shape index (κ2) is 2.62. The third-order valence-corrected chi connectivity index (χ3v) is 2.46. The van der Waals surface area contributed by atoms with Crippen molar-refractivity contribution in [3.8, 4) is 0 Å². The Morgan fingerprint density at radius 1 is 1.15 bits per heavy atom. The summed E-state index contributed by atoms with van der Waals surface area (Å²) in [5.41, 5.74) is -1.98. The molecule has 1 rings (SSSR count). The minimum absolute atomic E-state index is 0.0127. The summed E-state index contributed by atoms with van der Waals surface area (Å²) in [6, 6.07) is 0. The van der Waals surface area contributed by atoms with Crippen molar-refractivity contribution in [2.75, 3.05) is 0 Å². The number of hydrogen-bond donors (Lipinski definition) is 0. The van der Waals surface area contributed by atoms with E-state index in [4.69, 9.17) is 0 Å². The number of Topliss-reactive ketones (excluding diaryl/α,β-unsaturated/α-hetero) is 2. The lowest BCUT2D eigenvalue weighted by Crippen LogP contribution is -2.64. The largest absolute Gasteiger partial charge is 0.291 e. The van der Waals surface area contributed by atoms with Crippen LogP contribution in [0.4, 0.5) is 0 Å². The number of nitrogens with zero attached hydrogens (tertiary/aromatic N) is 1. The van der Waals surface area contributed by atoms with Crippen molar-refractivity contribution in [1.82, 2.24) is 5.06 Å². The molecule has 0 aromatic heterocycles. The minimum atomic E-state index is -1.21. The zero-order chi connectivity index (χ0) is 10.4. The average molecular weight is 184 g/mol. The molecule has 1 saturated heterocycles. The van der Waals surface area contributed by atoms with E-state index in [-0.39, 0.29) is 6.42 Å². The van der Waals surface area contributed by atoms with Crippen molar-refractivity contribution in [3.05, 3.63) is 0 Å². The van der Waals surface area contributed by atoms with E-state index in [2.05, 4.69) is 0 Å². The molecule has 0 aromatic rings. The van der Waals surface area contributed by atoms with Gasteiger partial charge in [-0.3, -0.25) is 9.59 Å². The monoisotopic (exact) mass is 184 g/mol. The van der Waals surface area contributed by atoms with Gasteiger partial charge < -0.3 is 0 Å². The molecular weight excluding hydrogens is 170 g/mol. The Kier molecular flexibility index (Phi) is 2.09. The number of rotatable bonds is 0. The topological polar surface area (TPSA) is 57.3 Å². The lowest BCUT2D eigenvalue weighted by molar-refractivity contribution is -0.270. The van der Waals surface area contributed by atoms with E-state index in [1.54, 1.807) is 13.8 Å². The number of hydroxylamine groups is 2. The summed E-state index contributed by atoms with van der Waals surface area (Å²) in [6.45, 7) is 6.32. The summed E-state index contributed by atoms with van der Waals surface area (Å²) in [4.78, 5) is 22.6. The third kappa shape index (κ3) is 1.40. The smallest absolute Gasteiger partial charge is 0.220 e. The van der Waals surface area contributed by atoms with Gasteiger partial charge in [0.2, 0.25) is 11.6 Å². The summed E-state index contributed by atoms with van der Waals surface area (Å²) in [7, 11) is 0. The molecule has 1 aliphatic heterocycles. The highest BCUT2D eigenvalue weighted by Gasteiger charge is 2.51. The lowest BCUT2D eigenvalue weighted by Gasteiger charge is -2.44. The van der Waals surface area contributed by atoms with Crippen LogP contribution in [0, 0.1) is 0 Å². The van der Waals surface area contributed by atoms with Crippen molar-refractivity contribution < 1.29 is 14.8 Å². The van der Waals surface area contributed by atoms with Gasteiger partial charge in [-0.15, -0.1) is 10.3 Å². The summed E-state index contributed by atoms with van der Waals surface area (Å²) >= 11 is 0. The molecule has 1 radical (unpaired) electrons. The van der Waals surface area contributed by atoms with E-state index < -0.39 is 22.6 Å². The van der Waals surface area contributed by atoms with E-state index in [0.717, 1.165) is 5.06 Å². The molecule has 0 aromatic carbocycles. The van der Waals surface area contributed by atoms with Gasteiger partial charge in [-0.2, -0.15) is 0 Å². The Balaban J connectivity index is 3.10. The van der Waals surface area contributed by atoms with Crippen molar-refractivity contribution in [1.29, 1.82) is 0 Å². The zero-order valence-corrected chi connectivity index (χ0v) is 8.38. The average Bonchev–Trinajstić information content (AvgIpc) is 1.98. The van der Waals surface area contributed by atoms with Gasteiger partial charge in [-0.05, 0) is 27.7 Å². The highest BCUT2D eigenvalue weighted by Crippen LogP contribution is 2.32. The third-order valence-electron chi connectivity index (χ3n) is 2.46. The van der Waals surface area contributed by atoms with Gasteiger partial charge in [0.1, 0.15) is 5.54 Å². The molecule has 0 unspecified atom stereocenters.